The smallest absolute Gasteiger partial charge is 0.166 e. The molecular weight excluding hydrogens is 424 g/mol. The summed E-state index contributed by atoms with van der Waals surface area (Å²) in [5, 5.41) is 14.2. The molecule has 164 valence electrons. The molecule has 0 saturated carbocycles. The second-order valence-electron chi connectivity index (χ2n) is 8.35. The van der Waals surface area contributed by atoms with Gasteiger partial charge in [0.25, 0.3) is 0 Å². The average molecular weight is 449 g/mol. The van der Waals surface area contributed by atoms with E-state index in [1.807, 2.05) is 38.1 Å². The number of pyridine rings is 1. The molecule has 2 aliphatic heterocycles. The van der Waals surface area contributed by atoms with Crippen LogP contribution < -0.4 is 10.5 Å². The number of nitriles is 1. The molecule has 0 radical (unpaired) electrons. The molecule has 1 unspecified atom stereocenters. The van der Waals surface area contributed by atoms with Crippen LogP contribution in [0, 0.1) is 18.3 Å². The zero-order valence-electron chi connectivity index (χ0n) is 18.2. The topological polar surface area (TPSA) is 119 Å². The van der Waals surface area contributed by atoms with Crippen molar-refractivity contribution >= 4 is 15.5 Å². The van der Waals surface area contributed by atoms with Crippen molar-refractivity contribution in [3.63, 3.8) is 0 Å². The van der Waals surface area contributed by atoms with Crippen LogP contribution in [0.2, 0.25) is 0 Å². The Kier molecular flexibility index (Phi) is 4.71. The molecule has 8 nitrogen and oxygen atoms in total. The first-order chi connectivity index (χ1) is 15.3. The van der Waals surface area contributed by atoms with Crippen molar-refractivity contribution in [3.05, 3.63) is 53.0 Å². The predicted molar refractivity (Wildman–Crippen MR) is 122 cm³/mol. The molecule has 0 amide bonds. The van der Waals surface area contributed by atoms with Gasteiger partial charge in [-0.1, -0.05) is 17.7 Å². The SMILES string of the molecule is Cc1ccc2c(c1)[C@@H](C)Oc1cc(cnc1N)-c1c(nn(C)c1C#N)C[C@@H]1CCN=S21=O. The number of hydrogen-bond acceptors (Lipinski definition) is 7. The molecule has 2 aromatic heterocycles. The largest absolute Gasteiger partial charge is 0.482 e. The van der Waals surface area contributed by atoms with Crippen LogP contribution in [-0.4, -0.2) is 30.8 Å². The lowest BCUT2D eigenvalue weighted by Crippen LogP contribution is -2.23. The molecule has 0 fully saturated rings. The van der Waals surface area contributed by atoms with Crippen LogP contribution in [0.3, 0.4) is 0 Å². The Morgan fingerprint density at radius 1 is 1.34 bits per heavy atom. The Balaban J connectivity index is 1.82. The summed E-state index contributed by atoms with van der Waals surface area (Å²) in [6.45, 7) is 4.44. The van der Waals surface area contributed by atoms with Crippen molar-refractivity contribution in [2.75, 3.05) is 12.3 Å². The van der Waals surface area contributed by atoms with Crippen molar-refractivity contribution in [1.82, 2.24) is 14.8 Å². The highest BCUT2D eigenvalue weighted by Gasteiger charge is 2.35. The van der Waals surface area contributed by atoms with Gasteiger partial charge in [0.2, 0.25) is 0 Å². The van der Waals surface area contributed by atoms with Gasteiger partial charge in [0, 0.05) is 42.9 Å². The fraction of sp³-hybridized carbons (Fsp3) is 0.348. The van der Waals surface area contributed by atoms with E-state index in [1.54, 1.807) is 17.9 Å². The van der Waals surface area contributed by atoms with E-state index in [2.05, 4.69) is 20.5 Å². The molecule has 3 aromatic rings. The standard InChI is InChI=1S/C23H24N6O2S/c1-13-4-5-21-17(8-13)14(2)31-20-9-15(12-26-23(20)25)22-18(28-29(3)19(22)11-24)10-16-6-7-27-32(16,21)30/h4-5,8-9,12,14,16H,6-7,10H2,1-3H3,(H2,25,26)/t14-,16+,32?/m1/s1. The number of aromatic nitrogens is 3. The Bertz CT molecular complexity index is 1410. The molecule has 0 spiro atoms. The van der Waals surface area contributed by atoms with Crippen LogP contribution in [0.25, 0.3) is 11.1 Å². The third kappa shape index (κ3) is 3.06. The fourth-order valence-corrected chi connectivity index (χ4v) is 7.34. The monoisotopic (exact) mass is 448 g/mol. The predicted octanol–water partition coefficient (Wildman–Crippen LogP) is 3.54. The number of ether oxygens (including phenoxy) is 1. The second kappa shape index (κ2) is 7.35. The highest BCUT2D eigenvalue weighted by atomic mass is 32.2. The van der Waals surface area contributed by atoms with Gasteiger partial charge in [0.05, 0.1) is 25.6 Å². The highest BCUT2D eigenvalue weighted by Crippen LogP contribution is 2.40. The molecule has 5 rings (SSSR count). The first-order valence-corrected chi connectivity index (χ1v) is 12.1. The third-order valence-electron chi connectivity index (χ3n) is 6.23. The van der Waals surface area contributed by atoms with E-state index >= 15 is 0 Å². The zero-order chi connectivity index (χ0) is 22.6. The van der Waals surface area contributed by atoms with Crippen LogP contribution in [0.4, 0.5) is 5.82 Å². The summed E-state index contributed by atoms with van der Waals surface area (Å²) in [5.41, 5.74) is 10.5. The van der Waals surface area contributed by atoms with Crippen molar-refractivity contribution in [2.24, 2.45) is 11.4 Å². The summed E-state index contributed by atoms with van der Waals surface area (Å²) in [6.07, 6.45) is 2.37. The van der Waals surface area contributed by atoms with E-state index in [9.17, 15) is 9.47 Å². The molecule has 4 heterocycles. The van der Waals surface area contributed by atoms with E-state index in [0.717, 1.165) is 11.1 Å². The Morgan fingerprint density at radius 3 is 2.94 bits per heavy atom. The van der Waals surface area contributed by atoms with Gasteiger partial charge in [-0.2, -0.15) is 10.4 Å². The molecule has 9 heteroatoms. The summed E-state index contributed by atoms with van der Waals surface area (Å²) >= 11 is 0. The summed E-state index contributed by atoms with van der Waals surface area (Å²) < 4.78 is 26.8. The van der Waals surface area contributed by atoms with E-state index < -0.39 is 15.8 Å². The number of rotatable bonds is 0. The third-order valence-corrected chi connectivity index (χ3v) is 9.10. The fourth-order valence-electron chi connectivity index (χ4n) is 4.62. The average Bonchev–Trinajstić information content (AvgIpc) is 3.28. The molecule has 0 aliphatic carbocycles. The van der Waals surface area contributed by atoms with E-state index in [1.165, 1.54) is 0 Å². The minimum absolute atomic E-state index is 0.211. The van der Waals surface area contributed by atoms with Gasteiger partial charge in [0.15, 0.2) is 11.6 Å². The number of fused-ring (bicyclic) bond motifs is 7. The first-order valence-electron chi connectivity index (χ1n) is 10.5. The van der Waals surface area contributed by atoms with Crippen molar-refractivity contribution in [1.29, 1.82) is 5.26 Å². The molecular formula is C23H24N6O2S. The van der Waals surface area contributed by atoms with Gasteiger partial charge < -0.3 is 10.5 Å². The van der Waals surface area contributed by atoms with Crippen LogP contribution in [-0.2, 0) is 23.2 Å². The van der Waals surface area contributed by atoms with Crippen molar-refractivity contribution in [2.45, 2.75) is 42.9 Å². The van der Waals surface area contributed by atoms with Crippen LogP contribution >= 0.6 is 0 Å². The highest BCUT2D eigenvalue weighted by molar-refractivity contribution is 7.94. The summed E-state index contributed by atoms with van der Waals surface area (Å²) in [7, 11) is -0.972. The van der Waals surface area contributed by atoms with Crippen molar-refractivity contribution < 1.29 is 8.95 Å². The lowest BCUT2D eigenvalue weighted by atomic mass is 10.0. The van der Waals surface area contributed by atoms with Crippen LogP contribution in [0.1, 0.15) is 42.0 Å². The quantitative estimate of drug-likeness (QED) is 0.562. The molecule has 2 bridgehead atoms. The van der Waals surface area contributed by atoms with Gasteiger partial charge in [-0.3, -0.25) is 4.68 Å². The summed E-state index contributed by atoms with van der Waals surface area (Å²) in [5.74, 6) is 0.667. The Morgan fingerprint density at radius 2 is 2.16 bits per heavy atom. The number of nitrogens with zero attached hydrogens (tertiary/aromatic N) is 5. The number of nitrogen functional groups attached to an aromatic ring is 1. The summed E-state index contributed by atoms with van der Waals surface area (Å²) in [4.78, 5) is 5.04. The molecule has 0 saturated heterocycles. The van der Waals surface area contributed by atoms with Gasteiger partial charge in [-0.15, -0.1) is 0 Å². The Labute approximate surface area is 187 Å². The Hall–Kier alpha value is -3.38. The normalized spacial score (nSPS) is 23.9. The zero-order valence-corrected chi connectivity index (χ0v) is 19.0. The maximum absolute atomic E-state index is 14.4. The van der Waals surface area contributed by atoms with Crippen LogP contribution in [0.15, 0.2) is 39.7 Å². The lowest BCUT2D eigenvalue weighted by Gasteiger charge is -2.24. The molecule has 3 atom stereocenters. The minimum atomic E-state index is -2.71. The number of nitrogens with two attached hydrogens (primary N) is 1. The number of aryl methyl sites for hydroxylation is 2. The van der Waals surface area contributed by atoms with E-state index in [4.69, 9.17) is 10.5 Å². The van der Waals surface area contributed by atoms with Gasteiger partial charge in [-0.05, 0) is 32.4 Å². The maximum Gasteiger partial charge on any atom is 0.166 e. The van der Waals surface area contributed by atoms with E-state index in [-0.39, 0.29) is 11.1 Å². The molecule has 32 heavy (non-hydrogen) atoms. The number of hydrogen-bond donors (Lipinski definition) is 1. The number of anilines is 1. The van der Waals surface area contributed by atoms with Gasteiger partial charge in [-0.25, -0.2) is 13.6 Å². The number of benzene rings is 1. The van der Waals surface area contributed by atoms with Gasteiger partial charge >= 0.3 is 0 Å². The van der Waals surface area contributed by atoms with E-state index in [0.29, 0.717) is 52.5 Å². The second-order valence-corrected chi connectivity index (χ2v) is 10.9. The van der Waals surface area contributed by atoms with Crippen molar-refractivity contribution in [3.8, 4) is 22.9 Å². The van der Waals surface area contributed by atoms with Crippen LogP contribution in [0.5, 0.6) is 5.75 Å². The van der Waals surface area contributed by atoms with Gasteiger partial charge in [0.1, 0.15) is 17.9 Å². The minimum Gasteiger partial charge on any atom is -0.482 e. The molecule has 2 aliphatic rings. The molecule has 2 N–H and O–H groups in total. The molecule has 1 aromatic carbocycles. The summed E-state index contributed by atoms with van der Waals surface area (Å²) in [6, 6.07) is 9.95. The maximum atomic E-state index is 14.4. The first kappa shape index (κ1) is 20.5. The lowest BCUT2D eigenvalue weighted by molar-refractivity contribution is 0.224.